The zero-order chi connectivity index (χ0) is 10.4. The molecule has 0 aromatic heterocycles. The molecule has 0 unspecified atom stereocenters. The molecule has 0 radical (unpaired) electrons. The Hall–Kier alpha value is -1.55. The Labute approximate surface area is 86.1 Å². The molecule has 0 aliphatic rings. The normalized spacial score (nSPS) is 10.9. The van der Waals surface area contributed by atoms with Crippen LogP contribution in [0.15, 0.2) is 35.5 Å². The number of nitrogens with zero attached hydrogens (tertiary/aromatic N) is 1. The largest absolute Gasteiger partial charge is 0.534 e. The molecule has 74 valence electrons. The van der Waals surface area contributed by atoms with Gasteiger partial charge in [-0.3, -0.25) is 4.84 Å². The van der Waals surface area contributed by atoms with Crippen molar-refractivity contribution in [3.8, 4) is 0 Å². The summed E-state index contributed by atoms with van der Waals surface area (Å²) < 4.78 is 4.21. The molecule has 1 aromatic rings. The van der Waals surface area contributed by atoms with Gasteiger partial charge in [-0.25, -0.2) is 4.79 Å². The van der Waals surface area contributed by atoms with Crippen molar-refractivity contribution in [2.45, 2.75) is 0 Å². The second-order valence-electron chi connectivity index (χ2n) is 2.29. The first kappa shape index (κ1) is 10.5. The number of halogens is 1. The highest BCUT2D eigenvalue weighted by atomic mass is 35.5. The second kappa shape index (κ2) is 5.24. The Balaban J connectivity index is 2.66. The van der Waals surface area contributed by atoms with Gasteiger partial charge in [0.25, 0.3) is 0 Å². The zero-order valence-electron chi connectivity index (χ0n) is 7.44. The van der Waals surface area contributed by atoms with Crippen molar-refractivity contribution in [3.63, 3.8) is 0 Å². The standard InChI is InChI=1S/C9H8ClNO3/c1-13-9(12)14-11-8(10)7-5-3-2-4-6-7/h2-6H,1H3/b11-8+. The Morgan fingerprint density at radius 3 is 2.57 bits per heavy atom. The highest BCUT2D eigenvalue weighted by Gasteiger charge is 2.02. The monoisotopic (exact) mass is 213 g/mol. The summed E-state index contributed by atoms with van der Waals surface area (Å²) in [7, 11) is 1.19. The van der Waals surface area contributed by atoms with E-state index in [2.05, 4.69) is 14.7 Å². The molecular formula is C9H8ClNO3. The van der Waals surface area contributed by atoms with Crippen LogP contribution in [0.3, 0.4) is 0 Å². The lowest BCUT2D eigenvalue weighted by molar-refractivity contribution is 0.0757. The average Bonchev–Trinajstić information content (AvgIpc) is 2.26. The van der Waals surface area contributed by atoms with Gasteiger partial charge in [0.2, 0.25) is 0 Å². The molecule has 0 spiro atoms. The summed E-state index contributed by atoms with van der Waals surface area (Å²) in [5, 5.41) is 3.47. The van der Waals surface area contributed by atoms with E-state index < -0.39 is 6.16 Å². The van der Waals surface area contributed by atoms with E-state index in [1.165, 1.54) is 7.11 Å². The molecular weight excluding hydrogens is 206 g/mol. The number of ether oxygens (including phenoxy) is 1. The molecule has 0 aliphatic carbocycles. The van der Waals surface area contributed by atoms with Crippen LogP contribution >= 0.6 is 11.6 Å². The predicted molar refractivity (Wildman–Crippen MR) is 52.3 cm³/mol. The maximum atomic E-state index is 10.5. The van der Waals surface area contributed by atoms with E-state index in [1.807, 2.05) is 6.07 Å². The van der Waals surface area contributed by atoms with Gasteiger partial charge in [-0.15, -0.1) is 0 Å². The van der Waals surface area contributed by atoms with Crippen molar-refractivity contribution in [2.75, 3.05) is 7.11 Å². The summed E-state index contributed by atoms with van der Waals surface area (Å²) in [6.07, 6.45) is -0.904. The van der Waals surface area contributed by atoms with Gasteiger partial charge in [-0.05, 0) is 0 Å². The van der Waals surface area contributed by atoms with E-state index in [1.54, 1.807) is 24.3 Å². The first-order chi connectivity index (χ1) is 6.74. The van der Waals surface area contributed by atoms with Gasteiger partial charge >= 0.3 is 6.16 Å². The van der Waals surface area contributed by atoms with E-state index in [4.69, 9.17) is 11.6 Å². The summed E-state index contributed by atoms with van der Waals surface area (Å²) in [5.41, 5.74) is 0.665. The van der Waals surface area contributed by atoms with Gasteiger partial charge in [0.15, 0.2) is 5.17 Å². The van der Waals surface area contributed by atoms with E-state index >= 15 is 0 Å². The van der Waals surface area contributed by atoms with Gasteiger partial charge in [0.05, 0.1) is 7.11 Å². The Kier molecular flexibility index (Phi) is 3.94. The maximum absolute atomic E-state index is 10.5. The number of methoxy groups -OCH3 is 1. The van der Waals surface area contributed by atoms with Gasteiger partial charge in [0, 0.05) is 5.56 Å². The van der Waals surface area contributed by atoms with Crippen LogP contribution in [0.2, 0.25) is 0 Å². The fourth-order valence-electron chi connectivity index (χ4n) is 0.743. The highest BCUT2D eigenvalue weighted by Crippen LogP contribution is 2.05. The molecule has 1 aromatic carbocycles. The minimum Gasteiger partial charge on any atom is -0.436 e. The van der Waals surface area contributed by atoms with Crippen LogP contribution in [-0.2, 0) is 9.57 Å². The van der Waals surface area contributed by atoms with Crippen molar-refractivity contribution in [1.82, 2.24) is 0 Å². The summed E-state index contributed by atoms with van der Waals surface area (Å²) in [5.74, 6) is 0. The second-order valence-corrected chi connectivity index (χ2v) is 2.65. The first-order valence-electron chi connectivity index (χ1n) is 3.78. The van der Waals surface area contributed by atoms with Crippen molar-refractivity contribution in [3.05, 3.63) is 35.9 Å². The highest BCUT2D eigenvalue weighted by molar-refractivity contribution is 6.69. The fraction of sp³-hybridized carbons (Fsp3) is 0.111. The molecule has 0 atom stereocenters. The average molecular weight is 214 g/mol. The SMILES string of the molecule is COC(=O)O/N=C(/Cl)c1ccccc1. The van der Waals surface area contributed by atoms with Crippen LogP contribution in [0.5, 0.6) is 0 Å². The smallest absolute Gasteiger partial charge is 0.436 e. The van der Waals surface area contributed by atoms with Crippen LogP contribution < -0.4 is 0 Å². The molecule has 0 N–H and O–H groups in total. The molecule has 0 bridgehead atoms. The number of hydrogen-bond donors (Lipinski definition) is 0. The van der Waals surface area contributed by atoms with Crippen LogP contribution in [0.4, 0.5) is 4.79 Å². The molecule has 5 heteroatoms. The molecule has 0 fully saturated rings. The van der Waals surface area contributed by atoms with Crippen LogP contribution in [0, 0.1) is 0 Å². The van der Waals surface area contributed by atoms with Gasteiger partial charge in [0.1, 0.15) is 0 Å². The molecule has 0 aliphatic heterocycles. The van der Waals surface area contributed by atoms with E-state index in [-0.39, 0.29) is 5.17 Å². The van der Waals surface area contributed by atoms with Crippen LogP contribution in [-0.4, -0.2) is 18.4 Å². The van der Waals surface area contributed by atoms with E-state index in [0.29, 0.717) is 5.56 Å². The summed E-state index contributed by atoms with van der Waals surface area (Å²) >= 11 is 5.72. The third-order valence-corrected chi connectivity index (χ3v) is 1.67. The van der Waals surface area contributed by atoms with Crippen LogP contribution in [0.25, 0.3) is 0 Å². The third-order valence-electron chi connectivity index (χ3n) is 1.38. The molecule has 4 nitrogen and oxygen atoms in total. The summed E-state index contributed by atoms with van der Waals surface area (Å²) in [6.45, 7) is 0. The van der Waals surface area contributed by atoms with Gasteiger partial charge in [-0.2, -0.15) is 0 Å². The molecule has 0 amide bonds. The number of rotatable bonds is 2. The Morgan fingerprint density at radius 1 is 1.36 bits per heavy atom. The zero-order valence-corrected chi connectivity index (χ0v) is 8.19. The quantitative estimate of drug-likeness (QED) is 0.328. The Bertz CT molecular complexity index is 337. The first-order valence-corrected chi connectivity index (χ1v) is 4.15. The lowest BCUT2D eigenvalue weighted by Gasteiger charge is -1.97. The van der Waals surface area contributed by atoms with Crippen molar-refractivity contribution in [1.29, 1.82) is 0 Å². The number of carbonyl (C=O) groups is 1. The van der Waals surface area contributed by atoms with Crippen molar-refractivity contribution < 1.29 is 14.4 Å². The minimum atomic E-state index is -0.904. The van der Waals surface area contributed by atoms with Gasteiger partial charge < -0.3 is 4.74 Å². The van der Waals surface area contributed by atoms with E-state index in [0.717, 1.165) is 0 Å². The molecule has 14 heavy (non-hydrogen) atoms. The number of oxime groups is 1. The van der Waals surface area contributed by atoms with Crippen molar-refractivity contribution >= 4 is 22.9 Å². The van der Waals surface area contributed by atoms with E-state index in [9.17, 15) is 4.79 Å². The molecule has 1 rings (SSSR count). The topological polar surface area (TPSA) is 47.9 Å². The predicted octanol–water partition coefficient (Wildman–Crippen LogP) is 2.37. The molecule has 0 saturated carbocycles. The molecule has 0 saturated heterocycles. The summed E-state index contributed by atoms with van der Waals surface area (Å²) in [4.78, 5) is 14.8. The third kappa shape index (κ3) is 3.06. The maximum Gasteiger partial charge on any atom is 0.534 e. The fourth-order valence-corrected chi connectivity index (χ4v) is 0.903. The minimum absolute atomic E-state index is 0.0935. The number of benzene rings is 1. The molecule has 0 heterocycles. The lowest BCUT2D eigenvalue weighted by atomic mass is 10.2. The lowest BCUT2D eigenvalue weighted by Crippen LogP contribution is -2.01. The number of hydrogen-bond acceptors (Lipinski definition) is 4. The summed E-state index contributed by atoms with van der Waals surface area (Å²) in [6, 6.07) is 8.92. The Morgan fingerprint density at radius 2 is 2.00 bits per heavy atom. The van der Waals surface area contributed by atoms with Crippen molar-refractivity contribution in [2.24, 2.45) is 5.16 Å². The van der Waals surface area contributed by atoms with Gasteiger partial charge in [-0.1, -0.05) is 47.1 Å². The number of carbonyl (C=O) groups excluding carboxylic acids is 1. The van der Waals surface area contributed by atoms with Crippen LogP contribution in [0.1, 0.15) is 5.56 Å².